The first-order valence-electron chi connectivity index (χ1n) is 7.33. The predicted molar refractivity (Wildman–Crippen MR) is 85.6 cm³/mol. The number of rotatable bonds is 5. The molecule has 0 aliphatic carbocycles. The van der Waals surface area contributed by atoms with Crippen molar-refractivity contribution in [2.45, 2.75) is 19.3 Å². The third-order valence-corrected chi connectivity index (χ3v) is 5.21. The van der Waals surface area contributed by atoms with Gasteiger partial charge in [-0.05, 0) is 24.5 Å². The fourth-order valence-electron chi connectivity index (χ4n) is 2.64. The van der Waals surface area contributed by atoms with E-state index in [0.29, 0.717) is 37.2 Å². The molecular formula is C15H20N2O5S. The fourth-order valence-corrected chi connectivity index (χ4v) is 3.52. The third-order valence-electron chi connectivity index (χ3n) is 3.91. The van der Waals surface area contributed by atoms with Crippen LogP contribution in [0.15, 0.2) is 24.3 Å². The van der Waals surface area contributed by atoms with Gasteiger partial charge in [0.05, 0.1) is 12.7 Å². The Kier molecular flexibility index (Phi) is 5.38. The molecule has 0 aromatic heterocycles. The number of carbonyl (C=O) groups is 2. The fraction of sp³-hybridized carbons (Fsp3) is 0.467. The number of sulfonamides is 1. The largest absolute Gasteiger partial charge is 0.481 e. The van der Waals surface area contributed by atoms with Gasteiger partial charge in [0.25, 0.3) is 0 Å². The first kappa shape index (κ1) is 17.4. The van der Waals surface area contributed by atoms with Crippen molar-refractivity contribution in [3.63, 3.8) is 0 Å². The van der Waals surface area contributed by atoms with E-state index in [2.05, 4.69) is 5.32 Å². The average Bonchev–Trinajstić information content (AvgIpc) is 2.48. The summed E-state index contributed by atoms with van der Waals surface area (Å²) in [7, 11) is -3.22. The number of para-hydroxylation sites is 1. The van der Waals surface area contributed by atoms with Crippen LogP contribution >= 0.6 is 0 Å². The van der Waals surface area contributed by atoms with Crippen LogP contribution in [0.3, 0.4) is 0 Å². The number of aliphatic carboxylic acids is 1. The molecule has 2 N–H and O–H groups in total. The summed E-state index contributed by atoms with van der Waals surface area (Å²) in [6.07, 6.45) is 1.92. The molecule has 7 nitrogen and oxygen atoms in total. The molecule has 126 valence electrons. The van der Waals surface area contributed by atoms with Crippen molar-refractivity contribution in [3.8, 4) is 0 Å². The van der Waals surface area contributed by atoms with E-state index in [0.717, 1.165) is 6.26 Å². The molecule has 0 spiro atoms. The maximum absolute atomic E-state index is 12.3. The lowest BCUT2D eigenvalue weighted by Crippen LogP contribution is -2.41. The molecule has 0 saturated carbocycles. The van der Waals surface area contributed by atoms with E-state index in [1.165, 1.54) is 4.31 Å². The van der Waals surface area contributed by atoms with E-state index in [-0.39, 0.29) is 18.2 Å². The van der Waals surface area contributed by atoms with Gasteiger partial charge in [-0.2, -0.15) is 0 Å². The molecule has 1 aliphatic rings. The van der Waals surface area contributed by atoms with E-state index in [1.807, 2.05) is 0 Å². The maximum Gasteiger partial charge on any atom is 0.307 e. The van der Waals surface area contributed by atoms with Crippen LogP contribution in [0.4, 0.5) is 5.69 Å². The molecule has 0 atom stereocenters. The Morgan fingerprint density at radius 1 is 1.26 bits per heavy atom. The lowest BCUT2D eigenvalue weighted by atomic mass is 9.97. The zero-order valence-corrected chi connectivity index (χ0v) is 13.7. The molecule has 0 bridgehead atoms. The van der Waals surface area contributed by atoms with Gasteiger partial charge >= 0.3 is 5.97 Å². The summed E-state index contributed by atoms with van der Waals surface area (Å²) in [5.74, 6) is -1.44. The minimum Gasteiger partial charge on any atom is -0.481 e. The molecule has 1 aromatic carbocycles. The molecule has 0 radical (unpaired) electrons. The van der Waals surface area contributed by atoms with Gasteiger partial charge in [0.1, 0.15) is 0 Å². The normalized spacial score (nSPS) is 16.9. The van der Waals surface area contributed by atoms with Gasteiger partial charge in [0, 0.05) is 24.7 Å². The highest BCUT2D eigenvalue weighted by atomic mass is 32.2. The van der Waals surface area contributed by atoms with Crippen LogP contribution in [0.2, 0.25) is 0 Å². The SMILES string of the molecule is CS(=O)(=O)N1CCC(C(=O)Nc2ccccc2CC(=O)O)CC1. The quantitative estimate of drug-likeness (QED) is 0.830. The second-order valence-corrected chi connectivity index (χ2v) is 7.64. The Morgan fingerprint density at radius 2 is 1.87 bits per heavy atom. The second kappa shape index (κ2) is 7.10. The highest BCUT2D eigenvalue weighted by Gasteiger charge is 2.29. The van der Waals surface area contributed by atoms with Crippen molar-refractivity contribution >= 4 is 27.6 Å². The second-order valence-electron chi connectivity index (χ2n) is 5.65. The summed E-state index contributed by atoms with van der Waals surface area (Å²) < 4.78 is 24.3. The zero-order valence-electron chi connectivity index (χ0n) is 12.9. The summed E-state index contributed by atoms with van der Waals surface area (Å²) in [6, 6.07) is 6.78. The van der Waals surface area contributed by atoms with E-state index >= 15 is 0 Å². The van der Waals surface area contributed by atoms with Crippen LogP contribution < -0.4 is 5.32 Å². The number of hydrogen-bond donors (Lipinski definition) is 2. The molecule has 1 aliphatic heterocycles. The number of anilines is 1. The lowest BCUT2D eigenvalue weighted by molar-refractivity contribution is -0.136. The Labute approximate surface area is 135 Å². The van der Waals surface area contributed by atoms with Gasteiger partial charge in [0.15, 0.2) is 0 Å². The maximum atomic E-state index is 12.3. The molecule has 23 heavy (non-hydrogen) atoms. The average molecular weight is 340 g/mol. The number of nitrogens with zero attached hydrogens (tertiary/aromatic N) is 1. The van der Waals surface area contributed by atoms with Crippen LogP contribution in [0.25, 0.3) is 0 Å². The number of carbonyl (C=O) groups excluding carboxylic acids is 1. The molecule has 1 fully saturated rings. The van der Waals surface area contributed by atoms with Crippen LogP contribution in [0, 0.1) is 5.92 Å². The molecule has 8 heteroatoms. The van der Waals surface area contributed by atoms with Gasteiger partial charge in [-0.25, -0.2) is 12.7 Å². The molecular weight excluding hydrogens is 320 g/mol. The van der Waals surface area contributed by atoms with Crippen LogP contribution in [0.5, 0.6) is 0 Å². The number of piperidine rings is 1. The van der Waals surface area contributed by atoms with E-state index in [9.17, 15) is 18.0 Å². The number of nitrogens with one attached hydrogen (secondary N) is 1. The topological polar surface area (TPSA) is 104 Å². The van der Waals surface area contributed by atoms with Gasteiger partial charge in [-0.1, -0.05) is 18.2 Å². The summed E-state index contributed by atoms with van der Waals surface area (Å²) in [5.41, 5.74) is 1.03. The highest BCUT2D eigenvalue weighted by molar-refractivity contribution is 7.88. The van der Waals surface area contributed by atoms with Crippen molar-refractivity contribution < 1.29 is 23.1 Å². The van der Waals surface area contributed by atoms with Crippen molar-refractivity contribution in [2.24, 2.45) is 5.92 Å². The number of carboxylic acids is 1. The minimum atomic E-state index is -3.22. The molecule has 1 aromatic rings. The summed E-state index contributed by atoms with van der Waals surface area (Å²) in [5, 5.41) is 11.7. The number of benzene rings is 1. The molecule has 1 amide bonds. The van der Waals surface area contributed by atoms with Crippen molar-refractivity contribution in [3.05, 3.63) is 29.8 Å². The van der Waals surface area contributed by atoms with Gasteiger partial charge in [-0.15, -0.1) is 0 Å². The highest BCUT2D eigenvalue weighted by Crippen LogP contribution is 2.22. The van der Waals surface area contributed by atoms with Crippen LogP contribution in [-0.2, 0) is 26.0 Å². The smallest absolute Gasteiger partial charge is 0.307 e. The minimum absolute atomic E-state index is 0.164. The zero-order chi connectivity index (χ0) is 17.0. The van der Waals surface area contributed by atoms with E-state index in [1.54, 1.807) is 24.3 Å². The summed E-state index contributed by atoms with van der Waals surface area (Å²) in [4.78, 5) is 23.2. The van der Waals surface area contributed by atoms with E-state index < -0.39 is 16.0 Å². The predicted octanol–water partition coefficient (Wildman–Crippen LogP) is 0.924. The molecule has 1 heterocycles. The number of carboxylic acid groups (broad SMARTS) is 1. The first-order valence-corrected chi connectivity index (χ1v) is 9.18. The monoisotopic (exact) mass is 340 g/mol. The summed E-state index contributed by atoms with van der Waals surface area (Å²) >= 11 is 0. The van der Waals surface area contributed by atoms with Gasteiger partial charge in [-0.3, -0.25) is 9.59 Å². The number of amides is 1. The van der Waals surface area contributed by atoms with Crippen molar-refractivity contribution in [2.75, 3.05) is 24.7 Å². The number of hydrogen-bond acceptors (Lipinski definition) is 4. The molecule has 2 rings (SSSR count). The van der Waals surface area contributed by atoms with Crippen molar-refractivity contribution in [1.82, 2.24) is 4.31 Å². The van der Waals surface area contributed by atoms with Crippen molar-refractivity contribution in [1.29, 1.82) is 0 Å². The Balaban J connectivity index is 2.00. The first-order chi connectivity index (χ1) is 10.8. The molecule has 0 unspecified atom stereocenters. The van der Waals surface area contributed by atoms with Gasteiger partial charge in [0.2, 0.25) is 15.9 Å². The van der Waals surface area contributed by atoms with Gasteiger partial charge < -0.3 is 10.4 Å². The Bertz CT molecular complexity index is 694. The lowest BCUT2D eigenvalue weighted by Gasteiger charge is -2.29. The van der Waals surface area contributed by atoms with Crippen LogP contribution in [0.1, 0.15) is 18.4 Å². The standard InChI is InChI=1S/C15H20N2O5S/c1-23(21,22)17-8-6-11(7-9-17)15(20)16-13-5-3-2-4-12(13)10-14(18)19/h2-5,11H,6-10H2,1H3,(H,16,20)(H,18,19). The summed E-state index contributed by atoms with van der Waals surface area (Å²) in [6.45, 7) is 0.654. The molecule has 1 saturated heterocycles. The third kappa shape index (κ3) is 4.77. The Hall–Kier alpha value is -1.93. The van der Waals surface area contributed by atoms with Crippen LogP contribution in [-0.4, -0.2) is 49.1 Å². The Morgan fingerprint density at radius 3 is 2.43 bits per heavy atom. The van der Waals surface area contributed by atoms with E-state index in [4.69, 9.17) is 5.11 Å².